The second-order valence-electron chi connectivity index (χ2n) is 2.50. The van der Waals surface area contributed by atoms with E-state index in [1.165, 1.54) is 0 Å². The molecule has 8 nitrogen and oxygen atoms in total. The van der Waals surface area contributed by atoms with Crippen LogP contribution in [0.25, 0.3) is 0 Å². The molecule has 4 N–H and O–H groups in total. The topological polar surface area (TPSA) is 141 Å². The Kier molecular flexibility index (Phi) is 4.45. The third-order valence-electron chi connectivity index (χ3n) is 1.07. The summed E-state index contributed by atoms with van der Waals surface area (Å²) in [6.07, 6.45) is -1.20. The first-order chi connectivity index (χ1) is 6.02. The predicted octanol–water partition coefficient (Wildman–Crippen LogP) is -0.769. The highest BCUT2D eigenvalue weighted by molar-refractivity contribution is 7.56. The van der Waals surface area contributed by atoms with Crippen LogP contribution in [-0.2, 0) is 18.7 Å². The zero-order valence-electron chi connectivity index (χ0n) is 7.10. The van der Waals surface area contributed by atoms with Crippen LogP contribution in [0.3, 0.4) is 0 Å². The summed E-state index contributed by atoms with van der Waals surface area (Å²) >= 11 is 0. The van der Waals surface area contributed by atoms with Gasteiger partial charge in [-0.3, -0.25) is 13.9 Å². The Morgan fingerprint density at radius 2 is 1.71 bits per heavy atom. The smallest absolute Gasteiger partial charge is 0.366 e. The van der Waals surface area contributed by atoms with Crippen LogP contribution in [0.4, 0.5) is 0 Å². The molecule has 0 amide bonds. The fraction of sp³-hybridized carbons (Fsp3) is 0.750. The first kappa shape index (κ1) is 13.8. The lowest BCUT2D eigenvalue weighted by Gasteiger charge is -2.18. The molecule has 0 aliphatic heterocycles. The van der Waals surface area contributed by atoms with Crippen molar-refractivity contribution in [3.63, 3.8) is 0 Å². The van der Waals surface area contributed by atoms with E-state index in [1.54, 1.807) is 0 Å². The molecule has 0 bridgehead atoms. The molecule has 14 heavy (non-hydrogen) atoms. The van der Waals surface area contributed by atoms with Gasteiger partial charge in [-0.05, 0) is 0 Å². The average molecular weight is 248 g/mol. The predicted molar refractivity (Wildman–Crippen MR) is 44.5 cm³/mol. The molecule has 0 fully saturated rings. The minimum absolute atomic E-state index is 0.877. The molecule has 0 aromatic carbocycles. The summed E-state index contributed by atoms with van der Waals surface area (Å²) in [5, 5.41) is 0. The minimum atomic E-state index is -4.86. The first-order valence-electron chi connectivity index (χ1n) is 3.29. The molecule has 0 radical (unpaired) electrons. The van der Waals surface area contributed by atoms with Gasteiger partial charge in [-0.2, -0.15) is 0 Å². The van der Waals surface area contributed by atoms with Gasteiger partial charge in [-0.1, -0.05) is 0 Å². The fourth-order valence-electron chi connectivity index (χ4n) is 0.607. The molecule has 0 aromatic heterocycles. The first-order valence-corrected chi connectivity index (χ1v) is 6.77. The number of hydrogen-bond acceptors (Lipinski definition) is 4. The van der Waals surface area contributed by atoms with Crippen molar-refractivity contribution >= 4 is 21.2 Å². The van der Waals surface area contributed by atoms with Crippen molar-refractivity contribution in [2.24, 2.45) is 0 Å². The summed E-state index contributed by atoms with van der Waals surface area (Å²) in [5.74, 6) is -3.12. The standard InChI is InChI=1S/C4H10O8P2/c1-3(5)12-4(14(9,10)11)2-13(6,7)8/h4H,2H2,1H3,(H2,6,7,8)(H2,9,10,11). The summed E-state index contributed by atoms with van der Waals surface area (Å²) in [7, 11) is -9.51. The average Bonchev–Trinajstić information content (AvgIpc) is 1.78. The molecule has 0 aromatic rings. The van der Waals surface area contributed by atoms with Crippen molar-refractivity contribution < 1.29 is 38.2 Å². The molecule has 84 valence electrons. The maximum absolute atomic E-state index is 10.6. The lowest BCUT2D eigenvalue weighted by Crippen LogP contribution is -2.20. The molecular weight excluding hydrogens is 238 g/mol. The van der Waals surface area contributed by atoms with E-state index in [9.17, 15) is 13.9 Å². The monoisotopic (exact) mass is 248 g/mol. The maximum Gasteiger partial charge on any atom is 0.366 e. The van der Waals surface area contributed by atoms with Crippen LogP contribution >= 0.6 is 15.2 Å². The Bertz CT molecular complexity index is 298. The Hall–Kier alpha value is -0.230. The third kappa shape index (κ3) is 6.26. The van der Waals surface area contributed by atoms with Gasteiger partial charge in [0.2, 0.25) is 5.85 Å². The van der Waals surface area contributed by atoms with Crippen LogP contribution in [0.15, 0.2) is 0 Å². The highest BCUT2D eigenvalue weighted by Crippen LogP contribution is 2.49. The van der Waals surface area contributed by atoms with Crippen molar-refractivity contribution in [3.05, 3.63) is 0 Å². The van der Waals surface area contributed by atoms with Gasteiger partial charge in [-0.15, -0.1) is 0 Å². The van der Waals surface area contributed by atoms with Gasteiger partial charge in [0.25, 0.3) is 0 Å². The summed E-state index contributed by atoms with van der Waals surface area (Å²) in [6.45, 7) is 0.877. The molecule has 1 unspecified atom stereocenters. The normalized spacial score (nSPS) is 14.9. The van der Waals surface area contributed by atoms with Crippen molar-refractivity contribution in [2.45, 2.75) is 12.8 Å². The summed E-state index contributed by atoms with van der Waals surface area (Å²) in [6, 6.07) is 0. The van der Waals surface area contributed by atoms with Crippen molar-refractivity contribution in [1.29, 1.82) is 0 Å². The van der Waals surface area contributed by atoms with Crippen LogP contribution in [0, 0.1) is 0 Å². The lowest BCUT2D eigenvalue weighted by molar-refractivity contribution is -0.142. The number of carbonyl (C=O) groups is 1. The number of ether oxygens (including phenoxy) is 1. The van der Waals surface area contributed by atoms with Crippen molar-refractivity contribution in [2.75, 3.05) is 6.16 Å². The summed E-state index contributed by atoms with van der Waals surface area (Å²) < 4.78 is 25.1. The Labute approximate surface area is 79.2 Å². The molecule has 0 heterocycles. The van der Waals surface area contributed by atoms with Crippen LogP contribution in [0.1, 0.15) is 6.92 Å². The van der Waals surface area contributed by atoms with E-state index in [2.05, 4.69) is 4.74 Å². The SMILES string of the molecule is CC(=O)OC(CP(=O)(O)O)P(=O)(O)O. The van der Waals surface area contributed by atoms with E-state index < -0.39 is 33.2 Å². The van der Waals surface area contributed by atoms with Crippen LogP contribution < -0.4 is 0 Å². The molecular formula is C4H10O8P2. The van der Waals surface area contributed by atoms with Crippen molar-refractivity contribution in [3.8, 4) is 0 Å². The van der Waals surface area contributed by atoms with E-state index in [0.29, 0.717) is 0 Å². The van der Waals surface area contributed by atoms with E-state index in [0.717, 1.165) is 6.92 Å². The second-order valence-corrected chi connectivity index (χ2v) is 5.95. The summed E-state index contributed by atoms with van der Waals surface area (Å²) in [4.78, 5) is 44.4. The van der Waals surface area contributed by atoms with E-state index >= 15 is 0 Å². The highest BCUT2D eigenvalue weighted by atomic mass is 31.2. The van der Waals surface area contributed by atoms with Crippen molar-refractivity contribution in [1.82, 2.24) is 0 Å². The minimum Gasteiger partial charge on any atom is -0.449 e. The Morgan fingerprint density at radius 3 is 1.93 bits per heavy atom. The Morgan fingerprint density at radius 1 is 1.29 bits per heavy atom. The summed E-state index contributed by atoms with van der Waals surface area (Å²) in [5.41, 5.74) is 0. The molecule has 0 spiro atoms. The molecule has 0 saturated carbocycles. The van der Waals surface area contributed by atoms with Gasteiger partial charge in [0, 0.05) is 6.92 Å². The third-order valence-corrected chi connectivity index (χ3v) is 3.20. The second kappa shape index (κ2) is 4.53. The quantitative estimate of drug-likeness (QED) is 0.375. The maximum atomic E-state index is 10.6. The van der Waals surface area contributed by atoms with Crippen LogP contribution in [0.2, 0.25) is 0 Å². The van der Waals surface area contributed by atoms with E-state index in [1.807, 2.05) is 0 Å². The van der Waals surface area contributed by atoms with Crippen LogP contribution in [-0.4, -0.2) is 37.5 Å². The number of hydrogen-bond donors (Lipinski definition) is 4. The number of carbonyl (C=O) groups excluding carboxylic acids is 1. The molecule has 0 saturated heterocycles. The molecule has 0 rings (SSSR count). The number of esters is 1. The van der Waals surface area contributed by atoms with E-state index in [4.69, 9.17) is 19.6 Å². The number of rotatable bonds is 4. The van der Waals surface area contributed by atoms with E-state index in [-0.39, 0.29) is 0 Å². The zero-order chi connectivity index (χ0) is 11.6. The lowest BCUT2D eigenvalue weighted by atomic mass is 10.7. The van der Waals surface area contributed by atoms with Gasteiger partial charge in [0.15, 0.2) is 0 Å². The fourth-order valence-corrected chi connectivity index (χ4v) is 2.86. The van der Waals surface area contributed by atoms with Gasteiger partial charge >= 0.3 is 21.2 Å². The molecule has 1 atom stereocenters. The largest absolute Gasteiger partial charge is 0.449 e. The highest BCUT2D eigenvalue weighted by Gasteiger charge is 2.37. The van der Waals surface area contributed by atoms with Gasteiger partial charge in [-0.25, -0.2) is 0 Å². The van der Waals surface area contributed by atoms with Gasteiger partial charge in [0.05, 0.1) is 6.16 Å². The van der Waals surface area contributed by atoms with Gasteiger partial charge < -0.3 is 24.3 Å². The van der Waals surface area contributed by atoms with Gasteiger partial charge in [0.1, 0.15) is 0 Å². The van der Waals surface area contributed by atoms with Crippen LogP contribution in [0.5, 0.6) is 0 Å². The zero-order valence-corrected chi connectivity index (χ0v) is 8.89. The molecule has 0 aliphatic carbocycles. The molecule has 10 heteroatoms. The molecule has 0 aliphatic rings. The Balaban J connectivity index is 4.67.